The van der Waals surface area contributed by atoms with E-state index in [0.717, 1.165) is 5.56 Å². The van der Waals surface area contributed by atoms with Crippen LogP contribution in [0.3, 0.4) is 0 Å². The molecule has 0 saturated carbocycles. The highest BCUT2D eigenvalue weighted by Crippen LogP contribution is 2.32. The van der Waals surface area contributed by atoms with E-state index in [1.165, 1.54) is 6.92 Å². The van der Waals surface area contributed by atoms with E-state index in [4.69, 9.17) is 24.1 Å². The summed E-state index contributed by atoms with van der Waals surface area (Å²) in [6.07, 6.45) is 1.14. The molecule has 0 aliphatic rings. The summed E-state index contributed by atoms with van der Waals surface area (Å²) < 4.78 is 22.5. The Hall–Kier alpha value is -3.05. The zero-order valence-corrected chi connectivity index (χ0v) is 26.9. The van der Waals surface area contributed by atoms with E-state index in [0.29, 0.717) is 63.4 Å². The lowest BCUT2D eigenvalue weighted by atomic mass is 9.82. The van der Waals surface area contributed by atoms with Crippen LogP contribution in [0, 0.1) is 17.8 Å². The zero-order valence-electron chi connectivity index (χ0n) is 26.9. The Bertz CT molecular complexity index is 991. The number of carboxylic acids is 2. The van der Waals surface area contributed by atoms with Gasteiger partial charge in [-0.3, -0.25) is 9.59 Å². The second-order valence-electron chi connectivity index (χ2n) is 12.4. The molecule has 0 radical (unpaired) electrons. The standard InChI is InChI=1S/C32H53NO10/c1-21(2)24(20-25(26(34)17-22(3)30(37)38)33-31(39)43-32(4,5)6)18-23-12-13-27(41-15-9-8-11-29(35)36)28(19-23)42-16-10-14-40-7/h12-13,19,21-22,24-26,34H,8-11,14-18,20H2,1-7H3,(H,33,39)(H,35,36)(H,37,38). The maximum atomic E-state index is 12.7. The maximum absolute atomic E-state index is 12.7. The van der Waals surface area contributed by atoms with Gasteiger partial charge in [0.1, 0.15) is 5.60 Å². The highest BCUT2D eigenvalue weighted by Gasteiger charge is 2.31. The van der Waals surface area contributed by atoms with Gasteiger partial charge in [0.25, 0.3) is 0 Å². The fourth-order valence-electron chi connectivity index (χ4n) is 4.48. The largest absolute Gasteiger partial charge is 0.490 e. The third-order valence-corrected chi connectivity index (χ3v) is 6.98. The van der Waals surface area contributed by atoms with Gasteiger partial charge in [-0.05, 0) is 82.4 Å². The van der Waals surface area contributed by atoms with Crippen molar-refractivity contribution in [2.75, 3.05) is 26.9 Å². The van der Waals surface area contributed by atoms with Gasteiger partial charge in [0.15, 0.2) is 11.5 Å². The zero-order chi connectivity index (χ0) is 32.6. The van der Waals surface area contributed by atoms with Crippen molar-refractivity contribution >= 4 is 18.0 Å². The van der Waals surface area contributed by atoms with Gasteiger partial charge < -0.3 is 39.6 Å². The van der Waals surface area contributed by atoms with Gasteiger partial charge in [-0.2, -0.15) is 0 Å². The second kappa shape index (κ2) is 19.3. The third kappa shape index (κ3) is 16.4. The molecule has 0 bridgehead atoms. The van der Waals surface area contributed by atoms with Crippen LogP contribution in [-0.2, 0) is 25.5 Å². The Balaban J connectivity index is 3.14. The number of benzene rings is 1. The molecule has 43 heavy (non-hydrogen) atoms. The quantitative estimate of drug-likeness (QED) is 0.134. The molecule has 0 fully saturated rings. The molecule has 246 valence electrons. The van der Waals surface area contributed by atoms with Gasteiger partial charge in [-0.15, -0.1) is 0 Å². The van der Waals surface area contributed by atoms with E-state index in [1.807, 2.05) is 18.2 Å². The normalized spacial score (nSPS) is 14.4. The summed E-state index contributed by atoms with van der Waals surface area (Å²) in [5.41, 5.74) is 0.244. The molecule has 1 rings (SSSR count). The number of rotatable bonds is 21. The first-order chi connectivity index (χ1) is 20.1. The van der Waals surface area contributed by atoms with Crippen LogP contribution < -0.4 is 14.8 Å². The fraction of sp³-hybridized carbons (Fsp3) is 0.719. The van der Waals surface area contributed by atoms with Crippen LogP contribution in [0.4, 0.5) is 4.79 Å². The maximum Gasteiger partial charge on any atom is 0.407 e. The number of carbonyl (C=O) groups is 3. The highest BCUT2D eigenvalue weighted by molar-refractivity contribution is 5.70. The average Bonchev–Trinajstić information content (AvgIpc) is 2.89. The number of hydrogen-bond acceptors (Lipinski definition) is 8. The summed E-state index contributed by atoms with van der Waals surface area (Å²) in [5, 5.41) is 32.1. The predicted molar refractivity (Wildman–Crippen MR) is 163 cm³/mol. The SMILES string of the molecule is COCCCOc1cc(CC(CC(NC(=O)OC(C)(C)C)C(O)CC(C)C(=O)O)C(C)C)ccc1OCCCCC(=O)O. The molecule has 1 amide bonds. The summed E-state index contributed by atoms with van der Waals surface area (Å²) in [4.78, 5) is 34.9. The van der Waals surface area contributed by atoms with Crippen LogP contribution in [0.1, 0.15) is 85.6 Å². The van der Waals surface area contributed by atoms with Crippen molar-refractivity contribution in [2.24, 2.45) is 17.8 Å². The number of ether oxygens (including phenoxy) is 4. The number of carboxylic acid groups (broad SMARTS) is 2. The topological polar surface area (TPSA) is 161 Å². The Labute approximate surface area is 256 Å². The minimum absolute atomic E-state index is 0.0128. The number of methoxy groups -OCH3 is 1. The summed E-state index contributed by atoms with van der Waals surface area (Å²) >= 11 is 0. The van der Waals surface area contributed by atoms with Gasteiger partial charge in [-0.1, -0.05) is 26.8 Å². The number of aliphatic hydroxyl groups excluding tert-OH is 1. The first kappa shape index (κ1) is 38.0. The summed E-state index contributed by atoms with van der Waals surface area (Å²) in [7, 11) is 1.63. The minimum atomic E-state index is -1.09. The molecule has 11 nitrogen and oxygen atoms in total. The van der Waals surface area contributed by atoms with Gasteiger partial charge >= 0.3 is 18.0 Å². The molecule has 11 heteroatoms. The van der Waals surface area contributed by atoms with E-state index < -0.39 is 41.7 Å². The molecular formula is C32H53NO10. The monoisotopic (exact) mass is 611 g/mol. The fourth-order valence-corrected chi connectivity index (χ4v) is 4.48. The lowest BCUT2D eigenvalue weighted by Gasteiger charge is -2.32. The summed E-state index contributed by atoms with van der Waals surface area (Å²) in [6, 6.07) is 4.99. The molecule has 0 heterocycles. The van der Waals surface area contributed by atoms with E-state index in [-0.39, 0.29) is 24.7 Å². The first-order valence-corrected chi connectivity index (χ1v) is 15.1. The third-order valence-electron chi connectivity index (χ3n) is 6.98. The van der Waals surface area contributed by atoms with Crippen LogP contribution >= 0.6 is 0 Å². The van der Waals surface area contributed by atoms with E-state index >= 15 is 0 Å². The van der Waals surface area contributed by atoms with Crippen LogP contribution in [0.25, 0.3) is 0 Å². The highest BCUT2D eigenvalue weighted by atomic mass is 16.6. The van der Waals surface area contributed by atoms with Crippen molar-refractivity contribution in [1.82, 2.24) is 5.32 Å². The number of unbranched alkanes of at least 4 members (excludes halogenated alkanes) is 1. The smallest absolute Gasteiger partial charge is 0.407 e. The summed E-state index contributed by atoms with van der Waals surface area (Å²) in [6.45, 7) is 12.3. The van der Waals surface area contributed by atoms with Crippen molar-refractivity contribution in [3.8, 4) is 11.5 Å². The minimum Gasteiger partial charge on any atom is -0.490 e. The molecule has 0 aliphatic carbocycles. The van der Waals surface area contributed by atoms with Crippen molar-refractivity contribution in [3.63, 3.8) is 0 Å². The van der Waals surface area contributed by atoms with Gasteiger partial charge in [-0.25, -0.2) is 4.79 Å². The molecule has 1 aromatic rings. The van der Waals surface area contributed by atoms with E-state index in [9.17, 15) is 24.6 Å². The molecule has 4 unspecified atom stereocenters. The number of amides is 1. The Morgan fingerprint density at radius 3 is 2.14 bits per heavy atom. The Morgan fingerprint density at radius 2 is 1.56 bits per heavy atom. The Morgan fingerprint density at radius 1 is 0.907 bits per heavy atom. The lowest BCUT2D eigenvalue weighted by Crippen LogP contribution is -2.47. The van der Waals surface area contributed by atoms with Crippen molar-refractivity contribution in [2.45, 2.75) is 104 Å². The van der Waals surface area contributed by atoms with Crippen LogP contribution in [0.5, 0.6) is 11.5 Å². The average molecular weight is 612 g/mol. The number of aliphatic hydroxyl groups is 1. The number of hydrogen-bond donors (Lipinski definition) is 4. The number of nitrogens with one attached hydrogen (secondary N) is 1. The lowest BCUT2D eigenvalue weighted by molar-refractivity contribution is -0.142. The molecule has 0 saturated heterocycles. The molecular weight excluding hydrogens is 558 g/mol. The van der Waals surface area contributed by atoms with Crippen LogP contribution in [-0.4, -0.2) is 78.0 Å². The molecule has 1 aromatic carbocycles. The molecule has 4 atom stereocenters. The number of alkyl carbamates (subject to hydrolysis) is 1. The molecule has 0 aromatic heterocycles. The van der Waals surface area contributed by atoms with Crippen molar-refractivity contribution < 1.29 is 48.7 Å². The van der Waals surface area contributed by atoms with Gasteiger partial charge in [0.2, 0.25) is 0 Å². The number of aliphatic carboxylic acids is 2. The van der Waals surface area contributed by atoms with E-state index in [2.05, 4.69) is 19.2 Å². The second-order valence-corrected chi connectivity index (χ2v) is 12.4. The van der Waals surface area contributed by atoms with Crippen molar-refractivity contribution in [3.05, 3.63) is 23.8 Å². The van der Waals surface area contributed by atoms with Gasteiger partial charge in [0, 0.05) is 26.6 Å². The number of carbonyl (C=O) groups excluding carboxylic acids is 1. The van der Waals surface area contributed by atoms with E-state index in [1.54, 1.807) is 27.9 Å². The molecule has 0 aliphatic heterocycles. The first-order valence-electron chi connectivity index (χ1n) is 15.1. The van der Waals surface area contributed by atoms with Crippen molar-refractivity contribution in [1.29, 1.82) is 0 Å². The van der Waals surface area contributed by atoms with Gasteiger partial charge in [0.05, 0.1) is 31.3 Å². The Kier molecular flexibility index (Phi) is 17.0. The molecule has 4 N–H and O–H groups in total. The van der Waals surface area contributed by atoms with Crippen LogP contribution in [0.2, 0.25) is 0 Å². The predicted octanol–water partition coefficient (Wildman–Crippen LogP) is 5.31. The molecule has 0 spiro atoms. The van der Waals surface area contributed by atoms with Crippen LogP contribution in [0.15, 0.2) is 18.2 Å². The summed E-state index contributed by atoms with van der Waals surface area (Å²) in [5.74, 6) is -1.31.